The molecule has 0 saturated carbocycles. The molecule has 27 heavy (non-hydrogen) atoms. The summed E-state index contributed by atoms with van der Waals surface area (Å²) in [4.78, 5) is 18.2. The number of alkyl halides is 2. The fraction of sp³-hybridized carbons (Fsp3) is 0.211. The molecule has 0 saturated heterocycles. The Morgan fingerprint density at radius 1 is 1.11 bits per heavy atom. The summed E-state index contributed by atoms with van der Waals surface area (Å²) in [6.07, 6.45) is 3.07. The highest BCUT2D eigenvalue weighted by Gasteiger charge is 2.19. The minimum Gasteiger partial charge on any atom is -0.435 e. The van der Waals surface area contributed by atoms with Crippen molar-refractivity contribution in [3.05, 3.63) is 72.3 Å². The molecule has 1 aromatic heterocycles. The first-order chi connectivity index (χ1) is 13.0. The van der Waals surface area contributed by atoms with Gasteiger partial charge in [-0.25, -0.2) is 9.67 Å². The Balaban J connectivity index is 1.70. The average Bonchev–Trinajstić information content (AvgIpc) is 3.21. The summed E-state index contributed by atoms with van der Waals surface area (Å²) in [5.74, 6) is -0.201. The van der Waals surface area contributed by atoms with E-state index >= 15 is 0 Å². The highest BCUT2D eigenvalue weighted by molar-refractivity contribution is 5.94. The summed E-state index contributed by atoms with van der Waals surface area (Å²) in [6, 6.07) is 13.1. The first kappa shape index (κ1) is 18.5. The monoisotopic (exact) mass is 372 g/mol. The van der Waals surface area contributed by atoms with Crippen LogP contribution in [0.15, 0.2) is 61.2 Å². The molecule has 1 amide bonds. The first-order valence-electron chi connectivity index (χ1n) is 8.22. The maximum atomic E-state index is 12.7. The first-order valence-corrected chi connectivity index (χ1v) is 8.22. The molecule has 0 aliphatic carbocycles. The molecule has 140 valence electrons. The second-order valence-corrected chi connectivity index (χ2v) is 5.93. The Labute approximate surface area is 155 Å². The van der Waals surface area contributed by atoms with E-state index in [0.717, 1.165) is 11.3 Å². The molecule has 3 rings (SSSR count). The molecule has 0 aliphatic heterocycles. The van der Waals surface area contributed by atoms with Crippen LogP contribution in [0.2, 0.25) is 0 Å². The largest absolute Gasteiger partial charge is 0.435 e. The predicted octanol–water partition coefficient (Wildman–Crippen LogP) is 3.70. The normalized spacial score (nSPS) is 12.0. The van der Waals surface area contributed by atoms with E-state index in [1.54, 1.807) is 23.0 Å². The van der Waals surface area contributed by atoms with E-state index in [4.69, 9.17) is 0 Å². The van der Waals surface area contributed by atoms with Crippen molar-refractivity contribution >= 4 is 5.91 Å². The fourth-order valence-electron chi connectivity index (χ4n) is 2.63. The molecule has 0 radical (unpaired) electrons. The summed E-state index contributed by atoms with van der Waals surface area (Å²) in [5.41, 5.74) is 2.21. The van der Waals surface area contributed by atoms with Gasteiger partial charge in [-0.15, -0.1) is 0 Å². The lowest BCUT2D eigenvalue weighted by molar-refractivity contribution is -0.0498. The Bertz CT molecular complexity index is 881. The number of hydrogen-bond donors (Lipinski definition) is 0. The molecule has 0 N–H and O–H groups in total. The molecule has 1 atom stereocenters. The third kappa shape index (κ3) is 4.28. The number of halogens is 2. The quantitative estimate of drug-likeness (QED) is 0.662. The van der Waals surface area contributed by atoms with Gasteiger partial charge in [0.05, 0.1) is 11.7 Å². The van der Waals surface area contributed by atoms with Gasteiger partial charge in [-0.05, 0) is 48.9 Å². The number of ether oxygens (including phenoxy) is 1. The summed E-state index contributed by atoms with van der Waals surface area (Å²) in [7, 11) is 1.70. The lowest BCUT2D eigenvalue weighted by atomic mass is 10.1. The summed E-state index contributed by atoms with van der Waals surface area (Å²) < 4.78 is 30.4. The van der Waals surface area contributed by atoms with Gasteiger partial charge in [0.25, 0.3) is 5.91 Å². The number of rotatable bonds is 6. The third-order valence-corrected chi connectivity index (χ3v) is 4.29. The van der Waals surface area contributed by atoms with E-state index in [2.05, 4.69) is 14.8 Å². The minimum atomic E-state index is -2.89. The number of benzene rings is 2. The van der Waals surface area contributed by atoms with Crippen molar-refractivity contribution < 1.29 is 18.3 Å². The smallest absolute Gasteiger partial charge is 0.387 e. The second kappa shape index (κ2) is 7.94. The van der Waals surface area contributed by atoms with E-state index in [0.29, 0.717) is 5.56 Å². The predicted molar refractivity (Wildman–Crippen MR) is 94.9 cm³/mol. The SMILES string of the molecule is CC(c1ccc(-n2cncn2)cc1)N(C)C(=O)c1ccc(OC(F)F)cc1. The Morgan fingerprint density at radius 3 is 2.33 bits per heavy atom. The Morgan fingerprint density at radius 2 is 1.78 bits per heavy atom. The highest BCUT2D eigenvalue weighted by atomic mass is 19.3. The topological polar surface area (TPSA) is 60.2 Å². The fourth-order valence-corrected chi connectivity index (χ4v) is 2.63. The Hall–Kier alpha value is -3.29. The van der Waals surface area contributed by atoms with E-state index in [9.17, 15) is 13.6 Å². The van der Waals surface area contributed by atoms with Gasteiger partial charge in [-0.3, -0.25) is 4.79 Å². The molecule has 1 heterocycles. The number of nitrogens with zero attached hydrogens (tertiary/aromatic N) is 4. The van der Waals surface area contributed by atoms with E-state index in [1.807, 2.05) is 31.2 Å². The maximum absolute atomic E-state index is 12.7. The third-order valence-electron chi connectivity index (χ3n) is 4.29. The van der Waals surface area contributed by atoms with Crippen LogP contribution in [0.3, 0.4) is 0 Å². The van der Waals surface area contributed by atoms with Crippen LogP contribution < -0.4 is 4.74 Å². The van der Waals surface area contributed by atoms with Crippen LogP contribution in [0.5, 0.6) is 5.75 Å². The minimum absolute atomic E-state index is 0.0148. The second-order valence-electron chi connectivity index (χ2n) is 5.93. The summed E-state index contributed by atoms with van der Waals surface area (Å²) in [6.45, 7) is -0.980. The number of carbonyl (C=O) groups is 1. The van der Waals surface area contributed by atoms with Gasteiger partial charge in [-0.1, -0.05) is 12.1 Å². The lowest BCUT2D eigenvalue weighted by Gasteiger charge is -2.25. The zero-order valence-corrected chi connectivity index (χ0v) is 14.8. The van der Waals surface area contributed by atoms with Crippen molar-refractivity contribution in [1.29, 1.82) is 0 Å². The van der Waals surface area contributed by atoms with Gasteiger partial charge >= 0.3 is 6.61 Å². The van der Waals surface area contributed by atoms with Gasteiger partial charge in [0.1, 0.15) is 18.4 Å². The number of amides is 1. The zero-order valence-electron chi connectivity index (χ0n) is 14.8. The van der Waals surface area contributed by atoms with Crippen LogP contribution in [0.25, 0.3) is 5.69 Å². The number of hydrogen-bond acceptors (Lipinski definition) is 4. The van der Waals surface area contributed by atoms with Crippen molar-refractivity contribution in [2.75, 3.05) is 7.05 Å². The lowest BCUT2D eigenvalue weighted by Crippen LogP contribution is -2.29. The van der Waals surface area contributed by atoms with Crippen LogP contribution in [0.4, 0.5) is 8.78 Å². The van der Waals surface area contributed by atoms with Gasteiger partial charge in [0.2, 0.25) is 0 Å². The van der Waals surface area contributed by atoms with Crippen LogP contribution in [-0.4, -0.2) is 39.2 Å². The van der Waals surface area contributed by atoms with E-state index in [-0.39, 0.29) is 17.7 Å². The van der Waals surface area contributed by atoms with Crippen LogP contribution >= 0.6 is 0 Å². The van der Waals surface area contributed by atoms with Gasteiger partial charge in [0, 0.05) is 12.6 Å². The van der Waals surface area contributed by atoms with E-state index < -0.39 is 6.61 Å². The van der Waals surface area contributed by atoms with E-state index in [1.165, 1.54) is 30.6 Å². The van der Waals surface area contributed by atoms with Crippen LogP contribution in [-0.2, 0) is 0 Å². The Kier molecular flexibility index (Phi) is 5.44. The zero-order chi connectivity index (χ0) is 19.4. The van der Waals surface area contributed by atoms with Crippen LogP contribution in [0, 0.1) is 0 Å². The molecular weight excluding hydrogens is 354 g/mol. The summed E-state index contributed by atoms with van der Waals surface area (Å²) in [5, 5.41) is 4.07. The van der Waals surface area contributed by atoms with Gasteiger partial charge in [0.15, 0.2) is 0 Å². The molecule has 2 aromatic carbocycles. The number of carbonyl (C=O) groups excluding carboxylic acids is 1. The van der Waals surface area contributed by atoms with Crippen LogP contribution in [0.1, 0.15) is 28.9 Å². The highest BCUT2D eigenvalue weighted by Crippen LogP contribution is 2.23. The molecule has 6 nitrogen and oxygen atoms in total. The van der Waals surface area contributed by atoms with Crippen molar-refractivity contribution in [3.8, 4) is 11.4 Å². The molecule has 8 heteroatoms. The van der Waals surface area contributed by atoms with Crippen molar-refractivity contribution in [2.24, 2.45) is 0 Å². The molecule has 0 aliphatic rings. The molecule has 0 spiro atoms. The number of aromatic nitrogens is 3. The standard InChI is InChI=1S/C19H18F2N4O2/c1-13(14-3-7-16(8-4-14)25-12-22-11-23-25)24(2)18(26)15-5-9-17(10-6-15)27-19(20)21/h3-13,19H,1-2H3. The molecular formula is C19H18F2N4O2. The van der Waals surface area contributed by atoms with Crippen molar-refractivity contribution in [1.82, 2.24) is 19.7 Å². The van der Waals surface area contributed by atoms with Crippen molar-refractivity contribution in [2.45, 2.75) is 19.6 Å². The summed E-state index contributed by atoms with van der Waals surface area (Å²) >= 11 is 0. The van der Waals surface area contributed by atoms with Crippen molar-refractivity contribution in [3.63, 3.8) is 0 Å². The maximum Gasteiger partial charge on any atom is 0.387 e. The van der Waals surface area contributed by atoms with Gasteiger partial charge < -0.3 is 9.64 Å². The molecule has 3 aromatic rings. The molecule has 1 unspecified atom stereocenters. The molecule has 0 bridgehead atoms. The average molecular weight is 372 g/mol. The molecule has 0 fully saturated rings. The van der Waals surface area contributed by atoms with Gasteiger partial charge in [-0.2, -0.15) is 13.9 Å².